The van der Waals surface area contributed by atoms with E-state index in [4.69, 9.17) is 5.11 Å². The number of carbonyl (C=O) groups excluding carboxylic acids is 1. The molecular weight excluding hydrogens is 262 g/mol. The zero-order valence-corrected chi connectivity index (χ0v) is 12.7. The molecule has 3 nitrogen and oxygen atoms in total. The predicted molar refractivity (Wildman–Crippen MR) is 84.1 cm³/mol. The molecule has 0 saturated carbocycles. The molecule has 0 atom stereocenters. The van der Waals surface area contributed by atoms with Gasteiger partial charge in [0.25, 0.3) is 5.91 Å². The molecule has 0 aromatic heterocycles. The molecular formula is C18H23NO2. The Labute approximate surface area is 127 Å². The summed E-state index contributed by atoms with van der Waals surface area (Å²) in [6.07, 6.45) is 5.09. The summed E-state index contributed by atoms with van der Waals surface area (Å²) in [5.74, 6) is 6.03. The Morgan fingerprint density at radius 1 is 1.24 bits per heavy atom. The summed E-state index contributed by atoms with van der Waals surface area (Å²) in [6, 6.07) is 5.76. The zero-order chi connectivity index (χ0) is 15.1. The highest BCUT2D eigenvalue weighted by Crippen LogP contribution is 2.17. The fourth-order valence-electron chi connectivity index (χ4n) is 2.59. The van der Waals surface area contributed by atoms with Gasteiger partial charge in [0.1, 0.15) is 0 Å². The second-order valence-electron chi connectivity index (χ2n) is 5.51. The molecule has 1 aromatic rings. The van der Waals surface area contributed by atoms with Crippen LogP contribution in [0.3, 0.4) is 0 Å². The lowest BCUT2D eigenvalue weighted by atomic mass is 10.0. The van der Waals surface area contributed by atoms with Gasteiger partial charge >= 0.3 is 0 Å². The van der Waals surface area contributed by atoms with Crippen LogP contribution in [0.2, 0.25) is 0 Å². The van der Waals surface area contributed by atoms with Crippen LogP contribution in [0.5, 0.6) is 0 Å². The van der Waals surface area contributed by atoms with E-state index in [1.807, 2.05) is 30.0 Å². The lowest BCUT2D eigenvalue weighted by molar-refractivity contribution is 0.0761. The fourth-order valence-corrected chi connectivity index (χ4v) is 2.59. The SMILES string of the molecule is Cc1ccc(C#CCCO)cc1C(=O)N1CCCCCC1. The van der Waals surface area contributed by atoms with Crippen LogP contribution in [-0.4, -0.2) is 35.6 Å². The summed E-state index contributed by atoms with van der Waals surface area (Å²) < 4.78 is 0. The molecule has 112 valence electrons. The summed E-state index contributed by atoms with van der Waals surface area (Å²) in [5, 5.41) is 8.76. The summed E-state index contributed by atoms with van der Waals surface area (Å²) in [6.45, 7) is 3.76. The maximum atomic E-state index is 12.7. The van der Waals surface area contributed by atoms with Crippen molar-refractivity contribution in [3.05, 3.63) is 34.9 Å². The molecule has 0 spiro atoms. The van der Waals surface area contributed by atoms with Crippen molar-refractivity contribution in [1.29, 1.82) is 0 Å². The van der Waals surface area contributed by atoms with Gasteiger partial charge in [-0.2, -0.15) is 0 Å². The van der Waals surface area contributed by atoms with Crippen LogP contribution in [0.4, 0.5) is 0 Å². The molecule has 1 amide bonds. The van der Waals surface area contributed by atoms with Gasteiger partial charge in [0.2, 0.25) is 0 Å². The van der Waals surface area contributed by atoms with Crippen molar-refractivity contribution in [1.82, 2.24) is 4.90 Å². The number of benzene rings is 1. The van der Waals surface area contributed by atoms with Crippen LogP contribution < -0.4 is 0 Å². The number of aryl methyl sites for hydroxylation is 1. The third kappa shape index (κ3) is 4.34. The molecule has 1 N–H and O–H groups in total. The lowest BCUT2D eigenvalue weighted by Crippen LogP contribution is -2.32. The van der Waals surface area contributed by atoms with E-state index in [2.05, 4.69) is 11.8 Å². The van der Waals surface area contributed by atoms with Gasteiger partial charge in [0.05, 0.1) is 6.61 Å². The van der Waals surface area contributed by atoms with Gasteiger partial charge in [0, 0.05) is 30.6 Å². The molecule has 0 bridgehead atoms. The van der Waals surface area contributed by atoms with E-state index in [0.717, 1.165) is 42.6 Å². The molecule has 1 aliphatic rings. The highest BCUT2D eigenvalue weighted by atomic mass is 16.2. The van der Waals surface area contributed by atoms with Crippen LogP contribution in [0.1, 0.15) is 53.6 Å². The summed E-state index contributed by atoms with van der Waals surface area (Å²) in [4.78, 5) is 14.7. The van der Waals surface area contributed by atoms with Gasteiger partial charge in [-0.15, -0.1) is 0 Å². The Balaban J connectivity index is 2.19. The first-order valence-electron chi connectivity index (χ1n) is 7.72. The molecule has 0 aliphatic carbocycles. The standard InChI is InChI=1S/C18H23NO2/c1-15-9-10-16(8-4-7-13-20)14-17(15)18(21)19-11-5-2-3-6-12-19/h9-10,14,20H,2-3,5-7,11-13H2,1H3. The van der Waals surface area contributed by atoms with Crippen LogP contribution in [-0.2, 0) is 0 Å². The lowest BCUT2D eigenvalue weighted by Gasteiger charge is -2.21. The van der Waals surface area contributed by atoms with Gasteiger partial charge in [-0.1, -0.05) is 30.7 Å². The van der Waals surface area contributed by atoms with Crippen molar-refractivity contribution in [2.24, 2.45) is 0 Å². The zero-order valence-electron chi connectivity index (χ0n) is 12.7. The van der Waals surface area contributed by atoms with Crippen molar-refractivity contribution in [2.75, 3.05) is 19.7 Å². The molecule has 1 fully saturated rings. The fraction of sp³-hybridized carbons (Fsp3) is 0.500. The number of likely N-dealkylation sites (tertiary alicyclic amines) is 1. The van der Waals surface area contributed by atoms with E-state index in [0.29, 0.717) is 6.42 Å². The summed E-state index contributed by atoms with van der Waals surface area (Å²) in [7, 11) is 0. The van der Waals surface area contributed by atoms with E-state index >= 15 is 0 Å². The van der Waals surface area contributed by atoms with Crippen LogP contribution in [0.15, 0.2) is 18.2 Å². The Hall–Kier alpha value is -1.79. The van der Waals surface area contributed by atoms with Gasteiger partial charge in [0.15, 0.2) is 0 Å². The molecule has 1 aliphatic heterocycles. The van der Waals surface area contributed by atoms with Crippen molar-refractivity contribution in [2.45, 2.75) is 39.0 Å². The van der Waals surface area contributed by atoms with Crippen molar-refractivity contribution in [3.8, 4) is 11.8 Å². The monoisotopic (exact) mass is 285 g/mol. The second-order valence-corrected chi connectivity index (χ2v) is 5.51. The minimum atomic E-state index is 0.0679. The topological polar surface area (TPSA) is 40.5 Å². The Morgan fingerprint density at radius 2 is 1.95 bits per heavy atom. The number of aliphatic hydroxyl groups excluding tert-OH is 1. The highest BCUT2D eigenvalue weighted by molar-refractivity contribution is 5.96. The number of rotatable bonds is 2. The molecule has 2 rings (SSSR count). The molecule has 0 radical (unpaired) electrons. The smallest absolute Gasteiger partial charge is 0.254 e. The van der Waals surface area contributed by atoms with Crippen molar-refractivity contribution in [3.63, 3.8) is 0 Å². The Bertz CT molecular complexity index is 546. The number of amides is 1. The number of hydrogen-bond acceptors (Lipinski definition) is 2. The summed E-state index contributed by atoms with van der Waals surface area (Å²) >= 11 is 0. The first kappa shape index (κ1) is 15.6. The van der Waals surface area contributed by atoms with Gasteiger partial charge in [-0.05, 0) is 37.5 Å². The molecule has 1 saturated heterocycles. The molecule has 1 aromatic carbocycles. The number of carbonyl (C=O) groups is 1. The Morgan fingerprint density at radius 3 is 2.62 bits per heavy atom. The van der Waals surface area contributed by atoms with Crippen LogP contribution in [0.25, 0.3) is 0 Å². The average Bonchev–Trinajstić information content (AvgIpc) is 2.77. The third-order valence-corrected chi connectivity index (χ3v) is 3.83. The second kappa shape index (κ2) is 7.85. The van der Waals surface area contributed by atoms with Gasteiger partial charge in [-0.3, -0.25) is 4.79 Å². The van der Waals surface area contributed by atoms with E-state index in [1.54, 1.807) is 0 Å². The number of nitrogens with zero attached hydrogens (tertiary/aromatic N) is 1. The van der Waals surface area contributed by atoms with Crippen molar-refractivity contribution < 1.29 is 9.90 Å². The van der Waals surface area contributed by atoms with E-state index in [1.165, 1.54) is 12.8 Å². The maximum Gasteiger partial charge on any atom is 0.254 e. The molecule has 0 unspecified atom stereocenters. The first-order valence-corrected chi connectivity index (χ1v) is 7.72. The van der Waals surface area contributed by atoms with Gasteiger partial charge < -0.3 is 10.0 Å². The normalized spacial score (nSPS) is 15.0. The molecule has 21 heavy (non-hydrogen) atoms. The quantitative estimate of drug-likeness (QED) is 0.849. The predicted octanol–water partition coefficient (Wildman–Crippen LogP) is 2.75. The first-order chi connectivity index (χ1) is 10.2. The third-order valence-electron chi connectivity index (χ3n) is 3.83. The summed E-state index contributed by atoms with van der Waals surface area (Å²) in [5.41, 5.74) is 2.59. The van der Waals surface area contributed by atoms with E-state index in [9.17, 15) is 4.79 Å². The largest absolute Gasteiger partial charge is 0.395 e. The molecule has 3 heteroatoms. The molecule has 1 heterocycles. The van der Waals surface area contributed by atoms with Crippen LogP contribution in [0, 0.1) is 18.8 Å². The minimum absolute atomic E-state index is 0.0679. The van der Waals surface area contributed by atoms with Crippen molar-refractivity contribution >= 4 is 5.91 Å². The van der Waals surface area contributed by atoms with E-state index < -0.39 is 0 Å². The van der Waals surface area contributed by atoms with Gasteiger partial charge in [-0.25, -0.2) is 0 Å². The highest BCUT2D eigenvalue weighted by Gasteiger charge is 2.18. The van der Waals surface area contributed by atoms with Crippen LogP contribution >= 0.6 is 0 Å². The average molecular weight is 285 g/mol. The van der Waals surface area contributed by atoms with E-state index in [-0.39, 0.29) is 12.5 Å². The number of hydrogen-bond donors (Lipinski definition) is 1. The number of aliphatic hydroxyl groups is 1. The minimum Gasteiger partial charge on any atom is -0.395 e. The Kier molecular flexibility index (Phi) is 5.83. The maximum absolute atomic E-state index is 12.7.